The summed E-state index contributed by atoms with van der Waals surface area (Å²) in [5, 5.41) is 25.7. The Kier molecular flexibility index (Phi) is 4.32. The van der Waals surface area contributed by atoms with Gasteiger partial charge in [0.2, 0.25) is 0 Å². The van der Waals surface area contributed by atoms with Gasteiger partial charge in [0.15, 0.2) is 5.57 Å². The molecule has 5 nitrogen and oxygen atoms in total. The highest BCUT2D eigenvalue weighted by molar-refractivity contribution is 5.53. The highest BCUT2D eigenvalue weighted by atomic mass is 14.6. The lowest BCUT2D eigenvalue weighted by Crippen LogP contribution is -2.10. The number of rotatable bonds is 2. The van der Waals surface area contributed by atoms with Gasteiger partial charge >= 0.3 is 0 Å². The normalized spacial score (nSPS) is 10.1. The van der Waals surface area contributed by atoms with Crippen LogP contribution in [0.3, 0.4) is 0 Å². The van der Waals surface area contributed by atoms with Gasteiger partial charge in [0, 0.05) is 5.70 Å². The molecule has 0 aromatic rings. The van der Waals surface area contributed by atoms with Gasteiger partial charge in [-0.2, -0.15) is 15.8 Å². The molecule has 0 heterocycles. The first-order valence-corrected chi connectivity index (χ1v) is 3.81. The zero-order chi connectivity index (χ0) is 11.1. The molecule has 0 atom stereocenters. The number of hydrogen-bond donors (Lipinski definition) is 2. The van der Waals surface area contributed by atoms with Gasteiger partial charge in [-0.05, 0) is 6.42 Å². The molecule has 0 aliphatic carbocycles. The summed E-state index contributed by atoms with van der Waals surface area (Å²) in [7, 11) is 0. The second-order valence-corrected chi connectivity index (χ2v) is 2.38. The minimum Gasteiger partial charge on any atom is -0.401 e. The van der Waals surface area contributed by atoms with Gasteiger partial charge in [-0.1, -0.05) is 6.92 Å². The van der Waals surface area contributed by atoms with Crippen molar-refractivity contribution in [1.82, 2.24) is 0 Å². The van der Waals surface area contributed by atoms with Crippen molar-refractivity contribution >= 4 is 0 Å². The smallest absolute Gasteiger partial charge is 0.153 e. The Morgan fingerprint density at radius 3 is 1.86 bits per heavy atom. The molecule has 0 saturated carbocycles. The lowest BCUT2D eigenvalue weighted by molar-refractivity contribution is 1.04. The van der Waals surface area contributed by atoms with Crippen molar-refractivity contribution in [3.05, 3.63) is 22.5 Å². The molecule has 0 aromatic carbocycles. The van der Waals surface area contributed by atoms with Crippen molar-refractivity contribution in [2.45, 2.75) is 13.3 Å². The van der Waals surface area contributed by atoms with Crippen molar-refractivity contribution in [2.24, 2.45) is 11.5 Å². The van der Waals surface area contributed by atoms with E-state index in [2.05, 4.69) is 0 Å². The predicted octanol–water partition coefficient (Wildman–Crippen LogP) is 0.393. The molecule has 14 heavy (non-hydrogen) atoms. The quantitative estimate of drug-likeness (QED) is 0.478. The molecule has 5 heteroatoms. The maximum atomic E-state index is 8.72. The maximum Gasteiger partial charge on any atom is 0.153 e. The molecule has 0 spiro atoms. The Morgan fingerprint density at radius 2 is 1.57 bits per heavy atom. The molecule has 0 fully saturated rings. The van der Waals surface area contributed by atoms with Crippen molar-refractivity contribution in [3.8, 4) is 18.2 Å². The number of hydrogen-bond acceptors (Lipinski definition) is 5. The SMILES string of the molecule is CC/C(N)=C(/C#N)C(N)=C(C#N)C#N. The van der Waals surface area contributed by atoms with Crippen LogP contribution >= 0.6 is 0 Å². The predicted molar refractivity (Wildman–Crippen MR) is 49.6 cm³/mol. The van der Waals surface area contributed by atoms with Gasteiger partial charge in [-0.25, -0.2) is 0 Å². The first kappa shape index (κ1) is 11.6. The van der Waals surface area contributed by atoms with Crippen LogP contribution in [0.25, 0.3) is 0 Å². The first-order valence-electron chi connectivity index (χ1n) is 3.81. The molecule has 0 aliphatic heterocycles. The summed E-state index contributed by atoms with van der Waals surface area (Å²) < 4.78 is 0. The Bertz CT molecular complexity index is 392. The maximum absolute atomic E-state index is 8.72. The second-order valence-electron chi connectivity index (χ2n) is 2.38. The molecule has 70 valence electrons. The third-order valence-corrected chi connectivity index (χ3v) is 1.58. The van der Waals surface area contributed by atoms with Gasteiger partial charge in [0.05, 0.1) is 11.3 Å². The van der Waals surface area contributed by atoms with E-state index in [1.54, 1.807) is 25.1 Å². The fourth-order valence-electron chi connectivity index (χ4n) is 0.752. The minimum atomic E-state index is -0.294. The van der Waals surface area contributed by atoms with E-state index in [0.29, 0.717) is 6.42 Å². The highest BCUT2D eigenvalue weighted by Gasteiger charge is 2.10. The zero-order valence-corrected chi connectivity index (χ0v) is 7.70. The molecule has 0 aliphatic rings. The summed E-state index contributed by atoms with van der Waals surface area (Å²) in [6.45, 7) is 1.75. The summed E-state index contributed by atoms with van der Waals surface area (Å²) in [4.78, 5) is 0. The molecule has 0 aromatic heterocycles. The van der Waals surface area contributed by atoms with E-state index in [1.807, 2.05) is 0 Å². The minimum absolute atomic E-state index is 0.00519. The highest BCUT2D eigenvalue weighted by Crippen LogP contribution is 2.12. The summed E-state index contributed by atoms with van der Waals surface area (Å²) in [6.07, 6.45) is 0.438. The molecule has 4 N–H and O–H groups in total. The molecule has 0 amide bonds. The second kappa shape index (κ2) is 5.24. The van der Waals surface area contributed by atoms with Crippen LogP contribution in [0, 0.1) is 34.0 Å². The Labute approximate surface area is 82.1 Å². The van der Waals surface area contributed by atoms with Crippen LogP contribution < -0.4 is 11.5 Å². The van der Waals surface area contributed by atoms with E-state index in [9.17, 15) is 0 Å². The molecular formula is C9H9N5. The topological polar surface area (TPSA) is 123 Å². The van der Waals surface area contributed by atoms with Crippen LogP contribution in [0.5, 0.6) is 0 Å². The fourth-order valence-corrected chi connectivity index (χ4v) is 0.752. The standard InChI is InChI=1S/C9H9N5/c1-2-8(13)7(5-12)9(14)6(3-10)4-11/h2,13-14H2,1H3/b8-7+. The van der Waals surface area contributed by atoms with Crippen LogP contribution in [0.1, 0.15) is 13.3 Å². The number of nitriles is 3. The average Bonchev–Trinajstić information content (AvgIpc) is 2.20. The summed E-state index contributed by atoms with van der Waals surface area (Å²) >= 11 is 0. The van der Waals surface area contributed by atoms with E-state index in [0.717, 1.165) is 0 Å². The molecule has 0 rings (SSSR count). The lowest BCUT2D eigenvalue weighted by atomic mass is 10.1. The van der Waals surface area contributed by atoms with Crippen molar-refractivity contribution < 1.29 is 0 Å². The third-order valence-electron chi connectivity index (χ3n) is 1.58. The largest absolute Gasteiger partial charge is 0.401 e. The Balaban J connectivity index is 5.58. The molecule has 0 radical (unpaired) electrons. The lowest BCUT2D eigenvalue weighted by Gasteiger charge is -2.02. The first-order chi connectivity index (χ1) is 6.62. The van der Waals surface area contributed by atoms with Crippen LogP contribution in [0.4, 0.5) is 0 Å². The van der Waals surface area contributed by atoms with Gasteiger partial charge in [-0.15, -0.1) is 0 Å². The average molecular weight is 187 g/mol. The summed E-state index contributed by atoms with van der Waals surface area (Å²) in [6, 6.07) is 4.97. The van der Waals surface area contributed by atoms with Crippen molar-refractivity contribution in [1.29, 1.82) is 15.8 Å². The monoisotopic (exact) mass is 187 g/mol. The molecule has 0 unspecified atom stereocenters. The summed E-state index contributed by atoms with van der Waals surface area (Å²) in [5.74, 6) is 0. The van der Waals surface area contributed by atoms with E-state index >= 15 is 0 Å². The molecule has 0 bridgehead atoms. The van der Waals surface area contributed by atoms with Crippen LogP contribution in [0.2, 0.25) is 0 Å². The Hall–Kier alpha value is -2.45. The summed E-state index contributed by atoms with van der Waals surface area (Å²) in [5.41, 5.74) is 10.8. The Morgan fingerprint density at radius 1 is 1.07 bits per heavy atom. The zero-order valence-electron chi connectivity index (χ0n) is 7.70. The van der Waals surface area contributed by atoms with E-state index in [1.165, 1.54) is 0 Å². The van der Waals surface area contributed by atoms with Gasteiger partial charge in [-0.3, -0.25) is 0 Å². The van der Waals surface area contributed by atoms with Gasteiger partial charge in [0.25, 0.3) is 0 Å². The number of nitrogens with zero attached hydrogens (tertiary/aromatic N) is 3. The van der Waals surface area contributed by atoms with Crippen LogP contribution in [-0.2, 0) is 0 Å². The van der Waals surface area contributed by atoms with Gasteiger partial charge < -0.3 is 11.5 Å². The van der Waals surface area contributed by atoms with Crippen molar-refractivity contribution in [2.75, 3.05) is 0 Å². The van der Waals surface area contributed by atoms with E-state index < -0.39 is 0 Å². The fraction of sp³-hybridized carbons (Fsp3) is 0.222. The van der Waals surface area contributed by atoms with Gasteiger partial charge in [0.1, 0.15) is 18.2 Å². The van der Waals surface area contributed by atoms with E-state index in [4.69, 9.17) is 27.3 Å². The number of nitrogens with two attached hydrogens (primary N) is 2. The van der Waals surface area contributed by atoms with Crippen LogP contribution in [-0.4, -0.2) is 0 Å². The van der Waals surface area contributed by atoms with Crippen LogP contribution in [0.15, 0.2) is 22.5 Å². The molecule has 0 saturated heterocycles. The number of allylic oxidation sites excluding steroid dienone is 3. The third kappa shape index (κ3) is 2.27. The molecular weight excluding hydrogens is 178 g/mol. The van der Waals surface area contributed by atoms with E-state index in [-0.39, 0.29) is 22.5 Å². The van der Waals surface area contributed by atoms with Crippen molar-refractivity contribution in [3.63, 3.8) is 0 Å².